The standard InChI is InChI=1S/C19H19FN4O2/c1-12(13-5-6-17-14(9-13)10-21-23-17)22-19(25)24-7-8-26-18-4-2-3-16(20)15(18)11-24/h2-6,9-10,12H,7-8,11H2,1H3,(H,21,23)(H,22,25). The Bertz CT molecular complexity index is 956. The summed E-state index contributed by atoms with van der Waals surface area (Å²) >= 11 is 0. The van der Waals surface area contributed by atoms with Crippen molar-refractivity contribution in [2.45, 2.75) is 19.5 Å². The lowest BCUT2D eigenvalue weighted by atomic mass is 10.1. The molecule has 2 amide bonds. The van der Waals surface area contributed by atoms with Crippen molar-refractivity contribution >= 4 is 16.9 Å². The number of carbonyl (C=O) groups is 1. The van der Waals surface area contributed by atoms with E-state index >= 15 is 0 Å². The number of aromatic nitrogens is 2. The van der Waals surface area contributed by atoms with Crippen molar-refractivity contribution in [3.05, 3.63) is 59.5 Å². The Morgan fingerprint density at radius 2 is 2.27 bits per heavy atom. The Morgan fingerprint density at radius 1 is 1.38 bits per heavy atom. The number of urea groups is 1. The summed E-state index contributed by atoms with van der Waals surface area (Å²) in [5.41, 5.74) is 2.33. The average molecular weight is 354 g/mol. The number of hydrogen-bond acceptors (Lipinski definition) is 3. The molecule has 2 heterocycles. The molecule has 0 bridgehead atoms. The smallest absolute Gasteiger partial charge is 0.318 e. The molecule has 0 saturated heterocycles. The zero-order chi connectivity index (χ0) is 18.1. The van der Waals surface area contributed by atoms with E-state index in [0.717, 1.165) is 16.5 Å². The van der Waals surface area contributed by atoms with Gasteiger partial charge in [-0.3, -0.25) is 5.10 Å². The summed E-state index contributed by atoms with van der Waals surface area (Å²) in [6, 6.07) is 10.2. The lowest BCUT2D eigenvalue weighted by Crippen LogP contribution is -2.41. The average Bonchev–Trinajstić information content (AvgIpc) is 2.99. The van der Waals surface area contributed by atoms with Crippen LogP contribution in [0, 0.1) is 5.82 Å². The maximum Gasteiger partial charge on any atom is 0.318 e. The zero-order valence-electron chi connectivity index (χ0n) is 14.3. The van der Waals surface area contributed by atoms with Gasteiger partial charge < -0.3 is 15.0 Å². The van der Waals surface area contributed by atoms with E-state index in [0.29, 0.717) is 24.5 Å². The summed E-state index contributed by atoms with van der Waals surface area (Å²) in [6.07, 6.45) is 1.75. The van der Waals surface area contributed by atoms with Crippen LogP contribution < -0.4 is 10.1 Å². The van der Waals surface area contributed by atoms with Gasteiger partial charge in [-0.25, -0.2) is 9.18 Å². The summed E-state index contributed by atoms with van der Waals surface area (Å²) < 4.78 is 19.7. The van der Waals surface area contributed by atoms with Crippen LogP contribution in [0.15, 0.2) is 42.6 Å². The van der Waals surface area contributed by atoms with Crippen LogP contribution in [0.3, 0.4) is 0 Å². The first kappa shape index (κ1) is 16.4. The molecule has 2 aromatic carbocycles. The molecule has 0 fully saturated rings. The molecule has 1 atom stereocenters. The van der Waals surface area contributed by atoms with E-state index in [2.05, 4.69) is 15.5 Å². The van der Waals surface area contributed by atoms with Crippen LogP contribution in [0.25, 0.3) is 10.9 Å². The second-order valence-electron chi connectivity index (χ2n) is 6.37. The number of aromatic amines is 1. The van der Waals surface area contributed by atoms with Crippen LogP contribution in [0.5, 0.6) is 5.75 Å². The Labute approximate surface area is 150 Å². The highest BCUT2D eigenvalue weighted by Crippen LogP contribution is 2.26. The van der Waals surface area contributed by atoms with Gasteiger partial charge in [0.1, 0.15) is 18.2 Å². The third-order valence-electron chi connectivity index (χ3n) is 4.64. The van der Waals surface area contributed by atoms with Gasteiger partial charge >= 0.3 is 6.03 Å². The molecule has 1 aliphatic heterocycles. The largest absolute Gasteiger partial charge is 0.491 e. The van der Waals surface area contributed by atoms with Crippen molar-refractivity contribution in [2.24, 2.45) is 0 Å². The molecule has 0 radical (unpaired) electrons. The lowest BCUT2D eigenvalue weighted by molar-refractivity contribution is 0.184. The van der Waals surface area contributed by atoms with E-state index in [9.17, 15) is 9.18 Å². The van der Waals surface area contributed by atoms with Gasteiger partial charge in [-0.2, -0.15) is 5.10 Å². The van der Waals surface area contributed by atoms with Crippen molar-refractivity contribution in [3.8, 4) is 5.75 Å². The number of H-pyrrole nitrogens is 1. The Kier molecular flexibility index (Phi) is 4.20. The maximum absolute atomic E-state index is 14.1. The van der Waals surface area contributed by atoms with E-state index in [-0.39, 0.29) is 24.4 Å². The third-order valence-corrected chi connectivity index (χ3v) is 4.64. The molecule has 0 aliphatic carbocycles. The van der Waals surface area contributed by atoms with Crippen LogP contribution >= 0.6 is 0 Å². The molecule has 0 saturated carbocycles. The van der Waals surface area contributed by atoms with E-state index in [1.807, 2.05) is 25.1 Å². The molecule has 1 aliphatic rings. The highest BCUT2D eigenvalue weighted by atomic mass is 19.1. The van der Waals surface area contributed by atoms with Crippen molar-refractivity contribution in [2.75, 3.05) is 13.2 Å². The number of halogens is 1. The summed E-state index contributed by atoms with van der Waals surface area (Å²) in [5.74, 6) is 0.138. The Balaban J connectivity index is 1.49. The number of nitrogens with zero attached hydrogens (tertiary/aromatic N) is 2. The molecule has 26 heavy (non-hydrogen) atoms. The second kappa shape index (κ2) is 6.67. The minimum absolute atomic E-state index is 0.182. The number of rotatable bonds is 2. The number of benzene rings is 2. The Morgan fingerprint density at radius 3 is 3.15 bits per heavy atom. The highest BCUT2D eigenvalue weighted by Gasteiger charge is 2.23. The fourth-order valence-corrected chi connectivity index (χ4v) is 3.13. The first-order valence-corrected chi connectivity index (χ1v) is 8.50. The lowest BCUT2D eigenvalue weighted by Gasteiger charge is -2.23. The fraction of sp³-hybridized carbons (Fsp3) is 0.263. The van der Waals surface area contributed by atoms with Crippen molar-refractivity contribution in [3.63, 3.8) is 0 Å². The number of carbonyl (C=O) groups excluding carboxylic acids is 1. The summed E-state index contributed by atoms with van der Waals surface area (Å²) in [7, 11) is 0. The van der Waals surface area contributed by atoms with Crippen LogP contribution in [-0.4, -0.2) is 34.3 Å². The number of ether oxygens (including phenoxy) is 1. The molecular weight excluding hydrogens is 335 g/mol. The van der Waals surface area contributed by atoms with Crippen LogP contribution in [-0.2, 0) is 6.54 Å². The van der Waals surface area contributed by atoms with Crippen LogP contribution in [0.2, 0.25) is 0 Å². The molecule has 1 aromatic heterocycles. The van der Waals surface area contributed by atoms with E-state index in [1.54, 1.807) is 23.2 Å². The summed E-state index contributed by atoms with van der Waals surface area (Å²) in [4.78, 5) is 14.3. The van der Waals surface area contributed by atoms with E-state index in [1.165, 1.54) is 6.07 Å². The van der Waals surface area contributed by atoms with Crippen LogP contribution in [0.4, 0.5) is 9.18 Å². The normalized spacial score (nSPS) is 15.1. The SMILES string of the molecule is CC(NC(=O)N1CCOc2cccc(F)c2C1)c1ccc2[nH]ncc2c1. The minimum Gasteiger partial charge on any atom is -0.491 e. The van der Waals surface area contributed by atoms with Gasteiger partial charge in [0, 0.05) is 10.9 Å². The van der Waals surface area contributed by atoms with Gasteiger partial charge in [-0.05, 0) is 36.8 Å². The van der Waals surface area contributed by atoms with Gasteiger partial charge in [0.2, 0.25) is 0 Å². The second-order valence-corrected chi connectivity index (χ2v) is 6.37. The van der Waals surface area contributed by atoms with Gasteiger partial charge in [-0.15, -0.1) is 0 Å². The predicted molar refractivity (Wildman–Crippen MR) is 95.3 cm³/mol. The number of amides is 2. The molecule has 4 rings (SSSR count). The number of nitrogens with one attached hydrogen (secondary N) is 2. The van der Waals surface area contributed by atoms with Crippen molar-refractivity contribution in [1.29, 1.82) is 0 Å². The Hall–Kier alpha value is -3.09. The van der Waals surface area contributed by atoms with Gasteiger partial charge in [0.25, 0.3) is 0 Å². The van der Waals surface area contributed by atoms with Gasteiger partial charge in [0.05, 0.1) is 30.8 Å². The van der Waals surface area contributed by atoms with E-state index < -0.39 is 0 Å². The monoisotopic (exact) mass is 354 g/mol. The first-order chi connectivity index (χ1) is 12.6. The highest BCUT2D eigenvalue weighted by molar-refractivity contribution is 5.79. The van der Waals surface area contributed by atoms with Gasteiger partial charge in [0.15, 0.2) is 0 Å². The molecule has 1 unspecified atom stereocenters. The quantitative estimate of drug-likeness (QED) is 0.741. The molecular formula is C19H19FN4O2. The fourth-order valence-electron chi connectivity index (χ4n) is 3.13. The van der Waals surface area contributed by atoms with Crippen molar-refractivity contribution in [1.82, 2.24) is 20.4 Å². The molecule has 7 heteroatoms. The number of hydrogen-bond donors (Lipinski definition) is 2. The maximum atomic E-state index is 14.1. The molecule has 6 nitrogen and oxygen atoms in total. The van der Waals surface area contributed by atoms with Gasteiger partial charge in [-0.1, -0.05) is 12.1 Å². The molecule has 3 aromatic rings. The molecule has 0 spiro atoms. The van der Waals surface area contributed by atoms with Crippen molar-refractivity contribution < 1.29 is 13.9 Å². The van der Waals surface area contributed by atoms with Crippen LogP contribution in [0.1, 0.15) is 24.1 Å². The van der Waals surface area contributed by atoms with E-state index in [4.69, 9.17) is 4.74 Å². The summed E-state index contributed by atoms with van der Waals surface area (Å²) in [5, 5.41) is 10.9. The third kappa shape index (κ3) is 3.08. The molecule has 2 N–H and O–H groups in total. The summed E-state index contributed by atoms with van der Waals surface area (Å²) in [6.45, 7) is 2.83. The minimum atomic E-state index is -0.361. The topological polar surface area (TPSA) is 70.2 Å². The number of fused-ring (bicyclic) bond motifs is 2. The predicted octanol–water partition coefficient (Wildman–Crippen LogP) is 3.37. The first-order valence-electron chi connectivity index (χ1n) is 8.50. The zero-order valence-corrected chi connectivity index (χ0v) is 14.3. The molecule has 134 valence electrons.